The first-order valence-electron chi connectivity index (χ1n) is 8.01. The summed E-state index contributed by atoms with van der Waals surface area (Å²) in [5, 5.41) is 9.38. The maximum absolute atomic E-state index is 13.3. The first-order chi connectivity index (χ1) is 12.3. The van der Waals surface area contributed by atoms with Crippen molar-refractivity contribution in [2.75, 3.05) is 7.11 Å². The number of hydrogen-bond donors (Lipinski definition) is 1. The SMILES string of the molecule is COc1c(C(=O)O)cc(Cl)cc1S(=O)(=O)N(Cc1ccccc1)C1CC1. The smallest absolute Gasteiger partial charge is 0.339 e. The number of carboxylic acid groups (broad SMARTS) is 1. The molecule has 0 aliphatic heterocycles. The number of ether oxygens (including phenoxy) is 1. The second kappa shape index (κ2) is 7.26. The van der Waals surface area contributed by atoms with Gasteiger partial charge in [-0.3, -0.25) is 0 Å². The molecule has 1 N–H and O–H groups in total. The van der Waals surface area contributed by atoms with Crippen molar-refractivity contribution in [3.8, 4) is 5.75 Å². The molecule has 0 unspecified atom stereocenters. The first kappa shape index (κ1) is 18.7. The van der Waals surface area contributed by atoms with Crippen molar-refractivity contribution in [1.29, 1.82) is 0 Å². The molecule has 0 radical (unpaired) electrons. The van der Waals surface area contributed by atoms with E-state index < -0.39 is 16.0 Å². The van der Waals surface area contributed by atoms with Crippen LogP contribution in [0.2, 0.25) is 5.02 Å². The van der Waals surface area contributed by atoms with Gasteiger partial charge < -0.3 is 9.84 Å². The number of nitrogens with zero attached hydrogens (tertiary/aromatic N) is 1. The van der Waals surface area contributed by atoms with Gasteiger partial charge >= 0.3 is 5.97 Å². The van der Waals surface area contributed by atoms with Gasteiger partial charge in [0.1, 0.15) is 10.5 Å². The Balaban J connectivity index is 2.09. The molecule has 8 heteroatoms. The van der Waals surface area contributed by atoms with E-state index in [0.717, 1.165) is 18.4 Å². The Morgan fingerprint density at radius 3 is 2.46 bits per heavy atom. The Kier molecular flexibility index (Phi) is 5.22. The third-order valence-electron chi connectivity index (χ3n) is 4.18. The van der Waals surface area contributed by atoms with Crippen LogP contribution in [0.15, 0.2) is 47.4 Å². The number of rotatable bonds is 7. The molecule has 1 saturated carbocycles. The molecule has 1 fully saturated rings. The van der Waals surface area contributed by atoms with Gasteiger partial charge in [-0.15, -0.1) is 0 Å². The quantitative estimate of drug-likeness (QED) is 0.776. The molecule has 0 heterocycles. The highest BCUT2D eigenvalue weighted by atomic mass is 35.5. The van der Waals surface area contributed by atoms with Crippen LogP contribution in [-0.4, -0.2) is 37.0 Å². The Bertz CT molecular complexity index is 926. The van der Waals surface area contributed by atoms with Crippen LogP contribution < -0.4 is 4.74 Å². The summed E-state index contributed by atoms with van der Waals surface area (Å²) in [6.45, 7) is 0.200. The number of hydrogen-bond acceptors (Lipinski definition) is 4. The predicted molar refractivity (Wildman–Crippen MR) is 97.2 cm³/mol. The van der Waals surface area contributed by atoms with Crippen molar-refractivity contribution in [3.05, 3.63) is 58.6 Å². The number of halogens is 1. The summed E-state index contributed by atoms with van der Waals surface area (Å²) >= 11 is 5.99. The van der Waals surface area contributed by atoms with Crippen molar-refractivity contribution in [2.45, 2.75) is 30.3 Å². The minimum atomic E-state index is -4.00. The van der Waals surface area contributed by atoms with Gasteiger partial charge in [-0.05, 0) is 30.5 Å². The van der Waals surface area contributed by atoms with Gasteiger partial charge in [-0.2, -0.15) is 4.31 Å². The molecule has 1 aliphatic carbocycles. The van der Waals surface area contributed by atoms with Gasteiger partial charge in [-0.1, -0.05) is 41.9 Å². The molecular formula is C18H18ClNO5S. The minimum absolute atomic E-state index is 0.0252. The molecule has 6 nitrogen and oxygen atoms in total. The van der Waals surface area contributed by atoms with Gasteiger partial charge in [0.05, 0.1) is 7.11 Å². The molecule has 0 saturated heterocycles. The van der Waals surface area contributed by atoms with Gasteiger partial charge in [-0.25, -0.2) is 13.2 Å². The van der Waals surface area contributed by atoms with Crippen LogP contribution in [0, 0.1) is 0 Å². The zero-order valence-corrected chi connectivity index (χ0v) is 15.6. The van der Waals surface area contributed by atoms with Gasteiger partial charge in [0.2, 0.25) is 10.0 Å². The van der Waals surface area contributed by atoms with E-state index in [4.69, 9.17) is 16.3 Å². The van der Waals surface area contributed by atoms with E-state index in [1.165, 1.54) is 23.5 Å². The molecule has 2 aromatic rings. The van der Waals surface area contributed by atoms with E-state index in [1.54, 1.807) is 0 Å². The second-order valence-electron chi connectivity index (χ2n) is 6.06. The molecule has 1 aliphatic rings. The number of carbonyl (C=O) groups is 1. The fourth-order valence-electron chi connectivity index (χ4n) is 2.79. The zero-order chi connectivity index (χ0) is 18.9. The average molecular weight is 396 g/mol. The molecular weight excluding hydrogens is 378 g/mol. The summed E-state index contributed by atoms with van der Waals surface area (Å²) in [4.78, 5) is 11.2. The predicted octanol–water partition coefficient (Wildman–Crippen LogP) is 3.40. The fraction of sp³-hybridized carbons (Fsp3) is 0.278. The van der Waals surface area contributed by atoms with Gasteiger partial charge in [0.25, 0.3) is 0 Å². The molecule has 0 amide bonds. The molecule has 138 valence electrons. The maximum atomic E-state index is 13.3. The molecule has 3 rings (SSSR count). The first-order valence-corrected chi connectivity index (χ1v) is 9.83. The Hall–Kier alpha value is -2.09. The summed E-state index contributed by atoms with van der Waals surface area (Å²) in [6.07, 6.45) is 1.53. The fourth-order valence-corrected chi connectivity index (χ4v) is 4.95. The molecule has 0 bridgehead atoms. The lowest BCUT2D eigenvalue weighted by molar-refractivity contribution is 0.0692. The van der Waals surface area contributed by atoms with E-state index in [1.807, 2.05) is 30.3 Å². The van der Waals surface area contributed by atoms with Crippen molar-refractivity contribution in [1.82, 2.24) is 4.31 Å². The van der Waals surface area contributed by atoms with Crippen molar-refractivity contribution < 1.29 is 23.1 Å². The minimum Gasteiger partial charge on any atom is -0.494 e. The van der Waals surface area contributed by atoms with Crippen LogP contribution in [0.1, 0.15) is 28.8 Å². The van der Waals surface area contributed by atoms with E-state index >= 15 is 0 Å². The normalized spacial score (nSPS) is 14.4. The summed E-state index contributed by atoms with van der Waals surface area (Å²) in [5.41, 5.74) is 0.566. The third-order valence-corrected chi connectivity index (χ3v) is 6.30. The molecule has 0 aromatic heterocycles. The monoisotopic (exact) mass is 395 g/mol. The summed E-state index contributed by atoms with van der Waals surface area (Å²) in [7, 11) is -2.75. The lowest BCUT2D eigenvalue weighted by Gasteiger charge is -2.24. The van der Waals surface area contributed by atoms with Crippen LogP contribution in [0.4, 0.5) is 0 Å². The number of sulfonamides is 1. The van der Waals surface area contributed by atoms with Crippen molar-refractivity contribution in [3.63, 3.8) is 0 Å². The van der Waals surface area contributed by atoms with E-state index in [0.29, 0.717) is 0 Å². The number of benzene rings is 2. The summed E-state index contributed by atoms with van der Waals surface area (Å²) in [6, 6.07) is 11.6. The van der Waals surface area contributed by atoms with Crippen LogP contribution in [0.5, 0.6) is 5.75 Å². The highest BCUT2D eigenvalue weighted by Gasteiger charge is 2.40. The standard InChI is InChI=1S/C18H18ClNO5S/c1-25-17-15(18(21)22)9-13(19)10-16(17)26(23,24)20(14-7-8-14)11-12-5-3-2-4-6-12/h2-6,9-10,14H,7-8,11H2,1H3,(H,21,22). The van der Waals surface area contributed by atoms with Crippen molar-refractivity contribution in [2.24, 2.45) is 0 Å². The number of aromatic carboxylic acids is 1. The van der Waals surface area contributed by atoms with E-state index in [9.17, 15) is 18.3 Å². The Morgan fingerprint density at radius 2 is 1.92 bits per heavy atom. The summed E-state index contributed by atoms with van der Waals surface area (Å²) < 4.78 is 33.2. The van der Waals surface area contributed by atoms with Gasteiger partial charge in [0, 0.05) is 17.6 Å². The number of methoxy groups -OCH3 is 1. The van der Waals surface area contributed by atoms with Crippen molar-refractivity contribution >= 4 is 27.6 Å². The van der Waals surface area contributed by atoms with E-state index in [2.05, 4.69) is 0 Å². The third kappa shape index (κ3) is 3.70. The second-order valence-corrected chi connectivity index (χ2v) is 8.35. The van der Waals surface area contributed by atoms with Gasteiger partial charge in [0.15, 0.2) is 5.75 Å². The van der Waals surface area contributed by atoms with Crippen LogP contribution in [0.25, 0.3) is 0 Å². The van der Waals surface area contributed by atoms with Crippen LogP contribution in [0.3, 0.4) is 0 Å². The zero-order valence-electron chi connectivity index (χ0n) is 14.1. The lowest BCUT2D eigenvalue weighted by atomic mass is 10.2. The molecule has 0 atom stereocenters. The number of carboxylic acids is 1. The molecule has 2 aromatic carbocycles. The molecule has 0 spiro atoms. The highest BCUT2D eigenvalue weighted by molar-refractivity contribution is 7.89. The maximum Gasteiger partial charge on any atom is 0.339 e. The summed E-state index contributed by atoms with van der Waals surface area (Å²) in [5.74, 6) is -1.51. The Morgan fingerprint density at radius 1 is 1.27 bits per heavy atom. The topological polar surface area (TPSA) is 83.9 Å². The Labute approximate surface area is 157 Å². The lowest BCUT2D eigenvalue weighted by Crippen LogP contribution is -2.33. The largest absolute Gasteiger partial charge is 0.494 e. The van der Waals surface area contributed by atoms with E-state index in [-0.39, 0.29) is 33.8 Å². The van der Waals surface area contributed by atoms with Crippen LogP contribution >= 0.6 is 11.6 Å². The molecule has 26 heavy (non-hydrogen) atoms. The highest BCUT2D eigenvalue weighted by Crippen LogP contribution is 2.39. The average Bonchev–Trinajstić information content (AvgIpc) is 3.44. The van der Waals surface area contributed by atoms with Crippen LogP contribution in [-0.2, 0) is 16.6 Å².